The molecular formula is C31H40F3N3O4S. The van der Waals surface area contributed by atoms with E-state index in [1.807, 2.05) is 0 Å². The molecule has 0 spiro atoms. The quantitative estimate of drug-likeness (QED) is 0.403. The fraction of sp³-hybridized carbons (Fsp3) is 0.548. The molecule has 1 aliphatic carbocycles. The molecule has 4 rings (SSSR count). The minimum Gasteiger partial charge on any atom is -0.340 e. The van der Waals surface area contributed by atoms with Crippen LogP contribution in [0.3, 0.4) is 0 Å². The Morgan fingerprint density at radius 1 is 1.07 bits per heavy atom. The third kappa shape index (κ3) is 7.34. The van der Waals surface area contributed by atoms with Crippen molar-refractivity contribution in [1.82, 2.24) is 15.1 Å². The van der Waals surface area contributed by atoms with E-state index in [0.29, 0.717) is 31.8 Å². The number of hydrogen-bond acceptors (Lipinski definition) is 5. The molecule has 42 heavy (non-hydrogen) atoms. The molecule has 7 nitrogen and oxygen atoms in total. The van der Waals surface area contributed by atoms with E-state index in [1.165, 1.54) is 6.07 Å². The van der Waals surface area contributed by atoms with Crippen LogP contribution in [-0.4, -0.2) is 73.0 Å². The highest BCUT2D eigenvalue weighted by atomic mass is 32.2. The molecule has 1 saturated heterocycles. The highest BCUT2D eigenvalue weighted by molar-refractivity contribution is 7.91. The van der Waals surface area contributed by atoms with E-state index in [-0.39, 0.29) is 40.1 Å². The molecule has 2 aliphatic rings. The molecule has 1 N–H and O–H groups in total. The molecule has 1 saturated carbocycles. The van der Waals surface area contributed by atoms with Gasteiger partial charge in [0.2, 0.25) is 5.91 Å². The molecule has 0 aromatic heterocycles. The number of halogens is 3. The largest absolute Gasteiger partial charge is 0.416 e. The summed E-state index contributed by atoms with van der Waals surface area (Å²) in [5, 5.41) is 2.62. The summed E-state index contributed by atoms with van der Waals surface area (Å²) < 4.78 is 66.4. The minimum absolute atomic E-state index is 0.0960. The summed E-state index contributed by atoms with van der Waals surface area (Å²) in [6.07, 6.45) is -1.24. The lowest BCUT2D eigenvalue weighted by Gasteiger charge is -2.45. The van der Waals surface area contributed by atoms with Gasteiger partial charge < -0.3 is 10.2 Å². The van der Waals surface area contributed by atoms with E-state index in [4.69, 9.17) is 0 Å². The number of amides is 2. The van der Waals surface area contributed by atoms with Crippen molar-refractivity contribution >= 4 is 21.7 Å². The number of sulfone groups is 1. The monoisotopic (exact) mass is 607 g/mol. The number of rotatable bonds is 10. The topological polar surface area (TPSA) is 86.8 Å². The van der Waals surface area contributed by atoms with Crippen molar-refractivity contribution in [2.45, 2.75) is 88.1 Å². The molecule has 0 radical (unpaired) electrons. The third-order valence-corrected chi connectivity index (χ3v) is 10.3. The van der Waals surface area contributed by atoms with Crippen molar-refractivity contribution in [2.75, 3.05) is 18.8 Å². The maximum Gasteiger partial charge on any atom is 0.416 e. The zero-order chi connectivity index (χ0) is 30.7. The Balaban J connectivity index is 1.53. The van der Waals surface area contributed by atoms with Crippen molar-refractivity contribution in [3.05, 3.63) is 65.7 Å². The second kappa shape index (κ2) is 13.2. The summed E-state index contributed by atoms with van der Waals surface area (Å²) in [6, 6.07) is 11.7. The molecule has 1 heterocycles. The number of carbonyl (C=O) groups is 2. The fourth-order valence-electron chi connectivity index (χ4n) is 6.48. The van der Waals surface area contributed by atoms with E-state index >= 15 is 0 Å². The van der Waals surface area contributed by atoms with Gasteiger partial charge >= 0.3 is 6.18 Å². The van der Waals surface area contributed by atoms with Gasteiger partial charge in [0, 0.05) is 30.2 Å². The van der Waals surface area contributed by atoms with Crippen LogP contribution in [0.25, 0.3) is 0 Å². The van der Waals surface area contributed by atoms with Crippen LogP contribution < -0.4 is 5.32 Å². The first-order valence-electron chi connectivity index (χ1n) is 14.6. The minimum atomic E-state index is -4.59. The van der Waals surface area contributed by atoms with Gasteiger partial charge in [0.25, 0.3) is 5.91 Å². The Labute approximate surface area is 246 Å². The lowest BCUT2D eigenvalue weighted by molar-refractivity contribution is -0.137. The molecule has 0 bridgehead atoms. The van der Waals surface area contributed by atoms with E-state index in [1.54, 1.807) is 35.2 Å². The van der Waals surface area contributed by atoms with Gasteiger partial charge in [-0.05, 0) is 88.7 Å². The second-order valence-electron chi connectivity index (χ2n) is 11.6. The number of nitrogens with zero attached hydrogens (tertiary/aromatic N) is 2. The second-order valence-corrected chi connectivity index (χ2v) is 13.7. The van der Waals surface area contributed by atoms with Crippen molar-refractivity contribution in [2.24, 2.45) is 5.92 Å². The van der Waals surface area contributed by atoms with Gasteiger partial charge in [-0.1, -0.05) is 31.2 Å². The molecule has 1 aliphatic heterocycles. The number of carbonyl (C=O) groups excluding carboxylic acids is 2. The lowest BCUT2D eigenvalue weighted by atomic mass is 9.80. The molecule has 230 valence electrons. The van der Waals surface area contributed by atoms with Crippen LogP contribution in [0.5, 0.6) is 0 Å². The van der Waals surface area contributed by atoms with Gasteiger partial charge in [-0.2, -0.15) is 13.2 Å². The Bertz CT molecular complexity index is 1350. The molecule has 2 aromatic carbocycles. The van der Waals surface area contributed by atoms with Gasteiger partial charge in [-0.15, -0.1) is 0 Å². The highest BCUT2D eigenvalue weighted by Gasteiger charge is 2.44. The Morgan fingerprint density at radius 3 is 2.43 bits per heavy atom. The number of hydrogen-bond donors (Lipinski definition) is 1. The highest BCUT2D eigenvalue weighted by Crippen LogP contribution is 2.36. The lowest BCUT2D eigenvalue weighted by Crippen LogP contribution is -2.53. The van der Waals surface area contributed by atoms with E-state index in [0.717, 1.165) is 37.6 Å². The summed E-state index contributed by atoms with van der Waals surface area (Å²) in [4.78, 5) is 30.8. The number of benzene rings is 2. The molecule has 2 aromatic rings. The van der Waals surface area contributed by atoms with Crippen molar-refractivity contribution in [3.63, 3.8) is 0 Å². The zero-order valence-corrected chi connectivity index (χ0v) is 25.1. The standard InChI is InChI=1S/C31H40F3N3O4S/c1-4-16-36(21(2)3)25-13-14-28(23(19-25)20-42(40,41)26-11-6-5-7-12-26)37-17-15-27(30(37)39)35-29(38)22-9-8-10-24(18-22)31(32,33)34/h5-12,18,21,23,25,27-28H,4,13-17,19-20H2,1-3H3,(H,35,38)/t23-,25+,27-,28+/m0/s1. The van der Waals surface area contributed by atoms with E-state index in [9.17, 15) is 31.2 Å². The first-order chi connectivity index (χ1) is 19.8. The first-order valence-corrected chi connectivity index (χ1v) is 16.3. The van der Waals surface area contributed by atoms with Gasteiger partial charge in [-0.3, -0.25) is 14.5 Å². The van der Waals surface area contributed by atoms with Crippen LogP contribution in [0.4, 0.5) is 13.2 Å². The maximum absolute atomic E-state index is 13.6. The van der Waals surface area contributed by atoms with E-state index in [2.05, 4.69) is 31.0 Å². The number of alkyl halides is 3. The van der Waals surface area contributed by atoms with Crippen LogP contribution in [0.1, 0.15) is 68.8 Å². The normalized spacial score (nSPS) is 23.5. The van der Waals surface area contributed by atoms with Crippen LogP contribution >= 0.6 is 0 Å². The average Bonchev–Trinajstić information content (AvgIpc) is 3.30. The number of likely N-dealkylation sites (tertiary alicyclic amines) is 1. The zero-order valence-electron chi connectivity index (χ0n) is 24.3. The maximum atomic E-state index is 13.6. The van der Waals surface area contributed by atoms with Gasteiger partial charge in [0.05, 0.1) is 16.2 Å². The van der Waals surface area contributed by atoms with Crippen LogP contribution in [-0.2, 0) is 20.8 Å². The molecule has 2 fully saturated rings. The first kappa shape index (κ1) is 32.0. The van der Waals surface area contributed by atoms with Crippen molar-refractivity contribution < 1.29 is 31.2 Å². The van der Waals surface area contributed by atoms with Crippen LogP contribution in [0.15, 0.2) is 59.5 Å². The van der Waals surface area contributed by atoms with Gasteiger partial charge in [0.15, 0.2) is 9.84 Å². The van der Waals surface area contributed by atoms with Crippen LogP contribution in [0.2, 0.25) is 0 Å². The van der Waals surface area contributed by atoms with E-state index < -0.39 is 33.5 Å². The Kier molecular flexibility index (Phi) is 10.0. The summed E-state index contributed by atoms with van der Waals surface area (Å²) in [6.45, 7) is 7.64. The Morgan fingerprint density at radius 2 is 1.79 bits per heavy atom. The SMILES string of the molecule is CCCN(C(C)C)[C@@H]1CC[C@@H](N2CC[C@H](NC(=O)c3cccc(C(F)(F)F)c3)C2=O)[C@H](CS(=O)(=O)c2ccccc2)C1. The smallest absolute Gasteiger partial charge is 0.340 e. The summed E-state index contributed by atoms with van der Waals surface area (Å²) in [7, 11) is -3.62. The van der Waals surface area contributed by atoms with Crippen molar-refractivity contribution in [1.29, 1.82) is 0 Å². The Hall–Kier alpha value is -2.92. The summed E-state index contributed by atoms with van der Waals surface area (Å²) in [5.41, 5.74) is -1.11. The molecular weight excluding hydrogens is 567 g/mol. The summed E-state index contributed by atoms with van der Waals surface area (Å²) in [5.74, 6) is -1.48. The average molecular weight is 608 g/mol. The fourth-order valence-corrected chi connectivity index (χ4v) is 8.17. The molecule has 11 heteroatoms. The molecule has 0 unspecified atom stereocenters. The molecule has 4 atom stereocenters. The van der Waals surface area contributed by atoms with Crippen LogP contribution in [0, 0.1) is 5.92 Å². The number of nitrogens with one attached hydrogen (secondary N) is 1. The summed E-state index contributed by atoms with van der Waals surface area (Å²) >= 11 is 0. The predicted octanol–water partition coefficient (Wildman–Crippen LogP) is 5.17. The van der Waals surface area contributed by atoms with Gasteiger partial charge in [-0.25, -0.2) is 8.42 Å². The molecule has 2 amide bonds. The third-order valence-electron chi connectivity index (χ3n) is 8.46. The predicted molar refractivity (Wildman–Crippen MR) is 155 cm³/mol. The van der Waals surface area contributed by atoms with Gasteiger partial charge in [0.1, 0.15) is 6.04 Å². The van der Waals surface area contributed by atoms with Crippen molar-refractivity contribution in [3.8, 4) is 0 Å².